The van der Waals surface area contributed by atoms with Crippen molar-refractivity contribution in [3.63, 3.8) is 0 Å². The van der Waals surface area contributed by atoms with Gasteiger partial charge < -0.3 is 10.3 Å². The van der Waals surface area contributed by atoms with Crippen molar-refractivity contribution in [1.29, 1.82) is 0 Å². The molecule has 0 spiro atoms. The maximum Gasteiger partial charge on any atom is 0.123 e. The van der Waals surface area contributed by atoms with Crippen LogP contribution in [0.2, 0.25) is 0 Å². The minimum Gasteiger partial charge on any atom is -0.358 e. The molecule has 208 valence electrons. The van der Waals surface area contributed by atoms with E-state index in [1.54, 1.807) is 12.1 Å². The summed E-state index contributed by atoms with van der Waals surface area (Å²) < 4.78 is 14.1. The number of aryl methyl sites for hydroxylation is 1. The number of halogens is 1. The number of aromatic amines is 2. The van der Waals surface area contributed by atoms with Crippen LogP contribution in [0, 0.1) is 18.7 Å². The predicted octanol–water partition coefficient (Wildman–Crippen LogP) is 7.28. The fourth-order valence-electron chi connectivity index (χ4n) is 5.52. The van der Waals surface area contributed by atoms with Crippen LogP contribution in [0.3, 0.4) is 0 Å². The molecule has 1 aliphatic rings. The smallest absolute Gasteiger partial charge is 0.123 e. The highest BCUT2D eigenvalue weighted by Crippen LogP contribution is 2.32. The fraction of sp³-hybridized carbons (Fsp3) is 0.200. The van der Waals surface area contributed by atoms with Crippen molar-refractivity contribution in [3.05, 3.63) is 125 Å². The zero-order valence-electron chi connectivity index (χ0n) is 23.7. The Hall–Kier alpha value is -4.71. The molecule has 5 rings (SSSR count). The minimum atomic E-state index is -0.284. The zero-order chi connectivity index (χ0) is 28.9. The van der Waals surface area contributed by atoms with Crippen molar-refractivity contribution in [3.8, 4) is 11.4 Å². The first-order valence-electron chi connectivity index (χ1n) is 14.0. The van der Waals surface area contributed by atoms with Crippen molar-refractivity contribution < 1.29 is 4.39 Å². The van der Waals surface area contributed by atoms with Crippen LogP contribution < -0.4 is 15.9 Å². The Bertz CT molecular complexity index is 1760. The normalized spacial score (nSPS) is 15.0. The van der Waals surface area contributed by atoms with Gasteiger partial charge >= 0.3 is 0 Å². The maximum absolute atomic E-state index is 14.1. The molecular weight excluding hydrogens is 509 g/mol. The summed E-state index contributed by atoms with van der Waals surface area (Å²) in [6, 6.07) is 10.7. The number of allylic oxidation sites excluding steroid dienone is 4. The SMILES string of the molecule is C=C/C=C(/c1cccc(F)c1)c1cc(-c2n[nH]c(=C/C)/c2=C\C(=C)c2cncc(NC(=C)C3CCCC3)c2)[nH]c1C. The summed E-state index contributed by atoms with van der Waals surface area (Å²) in [7, 11) is 0. The number of benzene rings is 1. The third-order valence-corrected chi connectivity index (χ3v) is 7.68. The third kappa shape index (κ3) is 6.07. The molecule has 0 saturated heterocycles. The zero-order valence-corrected chi connectivity index (χ0v) is 23.7. The molecule has 1 aliphatic carbocycles. The number of hydrogen-bond acceptors (Lipinski definition) is 3. The van der Waals surface area contributed by atoms with Crippen molar-refractivity contribution in [1.82, 2.24) is 20.2 Å². The molecule has 3 N–H and O–H groups in total. The van der Waals surface area contributed by atoms with E-state index in [0.29, 0.717) is 5.92 Å². The van der Waals surface area contributed by atoms with Crippen LogP contribution in [0.4, 0.5) is 10.1 Å². The average Bonchev–Trinajstić information content (AvgIpc) is 3.72. The number of aromatic nitrogens is 4. The maximum atomic E-state index is 14.1. The van der Waals surface area contributed by atoms with Crippen LogP contribution in [0.1, 0.15) is 55.0 Å². The summed E-state index contributed by atoms with van der Waals surface area (Å²) in [5, 5.41) is 13.1. The first-order valence-corrected chi connectivity index (χ1v) is 14.0. The summed E-state index contributed by atoms with van der Waals surface area (Å²) in [5.41, 5.74) is 8.84. The molecule has 0 unspecified atom stereocenters. The number of hydrogen-bond donors (Lipinski definition) is 3. The Morgan fingerprint density at radius 2 is 1.90 bits per heavy atom. The van der Waals surface area contributed by atoms with Gasteiger partial charge in [0, 0.05) is 33.9 Å². The van der Waals surface area contributed by atoms with Gasteiger partial charge in [0.15, 0.2) is 0 Å². The molecule has 3 aromatic heterocycles. The third-order valence-electron chi connectivity index (χ3n) is 7.68. The average molecular weight is 546 g/mol. The lowest BCUT2D eigenvalue weighted by molar-refractivity contribution is 0.627. The molecule has 3 heterocycles. The van der Waals surface area contributed by atoms with Crippen molar-refractivity contribution in [2.75, 3.05) is 5.32 Å². The van der Waals surface area contributed by atoms with E-state index in [9.17, 15) is 4.39 Å². The summed E-state index contributed by atoms with van der Waals surface area (Å²) in [6.07, 6.45) is 16.2. The van der Waals surface area contributed by atoms with Crippen LogP contribution in [-0.4, -0.2) is 20.2 Å². The Morgan fingerprint density at radius 3 is 2.63 bits per heavy atom. The number of rotatable bonds is 9. The monoisotopic (exact) mass is 545 g/mol. The van der Waals surface area contributed by atoms with Gasteiger partial charge in [-0.15, -0.1) is 0 Å². The molecule has 1 fully saturated rings. The second-order valence-electron chi connectivity index (χ2n) is 10.5. The Kier molecular flexibility index (Phi) is 8.29. The molecule has 0 bridgehead atoms. The van der Waals surface area contributed by atoms with Crippen LogP contribution in [0.5, 0.6) is 0 Å². The molecule has 4 aromatic rings. The molecule has 41 heavy (non-hydrogen) atoms. The topological polar surface area (TPSA) is 69.4 Å². The largest absolute Gasteiger partial charge is 0.358 e. The lowest BCUT2D eigenvalue weighted by atomic mass is 9.97. The molecular formula is C35H36FN5. The van der Waals surface area contributed by atoms with Crippen LogP contribution >= 0.6 is 0 Å². The highest BCUT2D eigenvalue weighted by molar-refractivity contribution is 5.89. The van der Waals surface area contributed by atoms with Gasteiger partial charge in [0.25, 0.3) is 0 Å². The van der Waals surface area contributed by atoms with E-state index in [0.717, 1.165) is 66.9 Å². The summed E-state index contributed by atoms with van der Waals surface area (Å²) in [6.45, 7) is 16.5. The van der Waals surface area contributed by atoms with Gasteiger partial charge in [0.05, 0.1) is 22.9 Å². The van der Waals surface area contributed by atoms with Gasteiger partial charge in [0.2, 0.25) is 0 Å². The van der Waals surface area contributed by atoms with Crippen molar-refractivity contribution in [2.24, 2.45) is 5.92 Å². The lowest BCUT2D eigenvalue weighted by Crippen LogP contribution is -2.23. The Balaban J connectivity index is 1.49. The van der Waals surface area contributed by atoms with E-state index >= 15 is 0 Å². The standard InChI is InChI=1S/C35H36FN5/c1-6-11-30(26-14-10-15-28(36)17-26)31-19-34(39-24(31)5)35-32(33(7-2)40-41-35)16-22(3)27-18-29(21-37-20-27)38-23(4)25-12-8-9-13-25/h6-7,10-11,14-21,25,38-40H,1,3-4,8-9,12-13H2,2,5H3/b30-11-,32-16+,33-7+. The van der Waals surface area contributed by atoms with Crippen molar-refractivity contribution >= 4 is 29.0 Å². The Labute approximate surface area is 240 Å². The number of pyridine rings is 1. The summed E-state index contributed by atoms with van der Waals surface area (Å²) in [4.78, 5) is 7.95. The van der Waals surface area contributed by atoms with E-state index in [2.05, 4.69) is 51.3 Å². The van der Waals surface area contributed by atoms with Crippen molar-refractivity contribution in [2.45, 2.75) is 39.5 Å². The van der Waals surface area contributed by atoms with E-state index in [1.807, 2.05) is 56.6 Å². The predicted molar refractivity (Wildman–Crippen MR) is 169 cm³/mol. The highest BCUT2D eigenvalue weighted by Gasteiger charge is 2.18. The summed E-state index contributed by atoms with van der Waals surface area (Å²) in [5.74, 6) is 0.231. The molecule has 0 atom stereocenters. The van der Waals surface area contributed by atoms with E-state index in [1.165, 1.54) is 37.8 Å². The quantitative estimate of drug-likeness (QED) is 0.194. The van der Waals surface area contributed by atoms with Gasteiger partial charge in [-0.1, -0.05) is 62.9 Å². The first kappa shape index (κ1) is 27.8. The lowest BCUT2D eigenvalue weighted by Gasteiger charge is -2.16. The second-order valence-corrected chi connectivity index (χ2v) is 10.5. The van der Waals surface area contributed by atoms with Gasteiger partial charge in [0.1, 0.15) is 11.5 Å². The van der Waals surface area contributed by atoms with E-state index < -0.39 is 0 Å². The minimum absolute atomic E-state index is 0.284. The van der Waals surface area contributed by atoms with Crippen LogP contribution in [0.15, 0.2) is 86.4 Å². The first-order chi connectivity index (χ1) is 19.9. The molecule has 0 aliphatic heterocycles. The number of nitrogens with one attached hydrogen (secondary N) is 3. The molecule has 5 nitrogen and oxygen atoms in total. The molecule has 6 heteroatoms. The van der Waals surface area contributed by atoms with Crippen LogP contribution in [0.25, 0.3) is 34.7 Å². The molecule has 0 amide bonds. The number of nitrogens with zero attached hydrogens (tertiary/aromatic N) is 2. The van der Waals surface area contributed by atoms with Gasteiger partial charge in [-0.2, -0.15) is 5.10 Å². The van der Waals surface area contributed by atoms with Crippen LogP contribution in [-0.2, 0) is 0 Å². The highest BCUT2D eigenvalue weighted by atomic mass is 19.1. The van der Waals surface area contributed by atoms with E-state index in [4.69, 9.17) is 0 Å². The molecule has 1 aromatic carbocycles. The number of H-pyrrole nitrogens is 2. The van der Waals surface area contributed by atoms with Gasteiger partial charge in [-0.05, 0) is 79.7 Å². The van der Waals surface area contributed by atoms with E-state index in [-0.39, 0.29) is 5.82 Å². The van der Waals surface area contributed by atoms with Gasteiger partial charge in [-0.3, -0.25) is 10.1 Å². The molecule has 0 radical (unpaired) electrons. The molecule has 1 saturated carbocycles. The fourth-order valence-corrected chi connectivity index (χ4v) is 5.52. The summed E-state index contributed by atoms with van der Waals surface area (Å²) >= 11 is 0. The number of anilines is 1. The van der Waals surface area contributed by atoms with Gasteiger partial charge in [-0.25, -0.2) is 4.39 Å². The Morgan fingerprint density at radius 1 is 1.10 bits per heavy atom. The second kappa shape index (κ2) is 12.2.